The lowest BCUT2D eigenvalue weighted by molar-refractivity contribution is -0.0139. The minimum atomic E-state index is -0.551. The van der Waals surface area contributed by atoms with Gasteiger partial charge in [-0.25, -0.2) is 4.79 Å². The van der Waals surface area contributed by atoms with Gasteiger partial charge in [-0.2, -0.15) is 0 Å². The highest BCUT2D eigenvalue weighted by Crippen LogP contribution is 2.16. The van der Waals surface area contributed by atoms with E-state index in [4.69, 9.17) is 9.47 Å². The first-order chi connectivity index (χ1) is 13.4. The van der Waals surface area contributed by atoms with Crippen LogP contribution in [0.15, 0.2) is 36.5 Å². The number of hydrogen-bond acceptors (Lipinski definition) is 3. The van der Waals surface area contributed by atoms with Gasteiger partial charge in [0.25, 0.3) is 0 Å². The van der Waals surface area contributed by atoms with Gasteiger partial charge in [0.05, 0.1) is 6.61 Å². The fourth-order valence-electron chi connectivity index (χ4n) is 2.75. The smallest absolute Gasteiger partial charge is 0.434 e. The summed E-state index contributed by atoms with van der Waals surface area (Å²) in [6.07, 6.45) is 24.4. The normalized spacial score (nSPS) is 13.6. The highest BCUT2D eigenvalue weighted by Gasteiger charge is 2.18. The molecule has 3 nitrogen and oxygen atoms in total. The third-order valence-corrected chi connectivity index (χ3v) is 4.42. The topological polar surface area (TPSA) is 35.5 Å². The summed E-state index contributed by atoms with van der Waals surface area (Å²) in [7, 11) is 0. The van der Waals surface area contributed by atoms with Crippen molar-refractivity contribution in [3.05, 3.63) is 36.5 Å². The number of carbonyl (C=O) groups is 1. The number of unbranched alkanes of at least 4 members (excludes halogenated alkanes) is 4. The molecule has 162 valence electrons. The van der Waals surface area contributed by atoms with Gasteiger partial charge in [0.2, 0.25) is 0 Å². The molecule has 0 bridgehead atoms. The van der Waals surface area contributed by atoms with Crippen LogP contribution < -0.4 is 0 Å². The lowest BCUT2D eigenvalue weighted by Crippen LogP contribution is -2.25. The first kappa shape index (κ1) is 26.5. The number of carbonyl (C=O) groups excluding carboxylic acids is 1. The van der Waals surface area contributed by atoms with Crippen molar-refractivity contribution < 1.29 is 14.3 Å². The molecule has 0 aliphatic rings. The number of hydrogen-bond donors (Lipinski definition) is 0. The first-order valence-electron chi connectivity index (χ1n) is 11.2. The van der Waals surface area contributed by atoms with E-state index >= 15 is 0 Å². The van der Waals surface area contributed by atoms with Crippen LogP contribution in [-0.2, 0) is 9.47 Å². The summed E-state index contributed by atoms with van der Waals surface area (Å²) >= 11 is 0. The van der Waals surface area contributed by atoms with E-state index < -0.39 is 11.8 Å². The Hall–Kier alpha value is -1.51. The second-order valence-corrected chi connectivity index (χ2v) is 8.34. The molecule has 0 fully saturated rings. The Bertz CT molecular complexity index is 455. The average Bonchev–Trinajstić information content (AvgIpc) is 2.63. The zero-order valence-corrected chi connectivity index (χ0v) is 19.0. The third kappa shape index (κ3) is 19.3. The van der Waals surface area contributed by atoms with Crippen LogP contribution in [-0.4, -0.2) is 18.4 Å². The summed E-state index contributed by atoms with van der Waals surface area (Å²) in [5, 5.41) is 0. The third-order valence-electron chi connectivity index (χ3n) is 4.42. The second kappa shape index (κ2) is 17.6. The van der Waals surface area contributed by atoms with Crippen LogP contribution in [0, 0.1) is 5.92 Å². The maximum Gasteiger partial charge on any atom is 0.508 e. The summed E-state index contributed by atoms with van der Waals surface area (Å²) in [6, 6.07) is 0. The second-order valence-electron chi connectivity index (χ2n) is 8.34. The van der Waals surface area contributed by atoms with Crippen LogP contribution >= 0.6 is 0 Å². The van der Waals surface area contributed by atoms with Crippen LogP contribution in [0.5, 0.6) is 0 Å². The standard InChI is InChI=1S/C25H44O3/c1-6-8-9-10-11-12-13-14-15-16-17-18-19-20-21-23(7-2)22-27-24(26)28-25(3,4)5/h8-9,11-12,14-15,23H,6-7,10,13,16-22H2,1-5H3/b9-8-,12-11-,15-14-. The van der Waals surface area contributed by atoms with Gasteiger partial charge < -0.3 is 9.47 Å². The van der Waals surface area contributed by atoms with E-state index in [0.29, 0.717) is 12.5 Å². The molecular weight excluding hydrogens is 348 g/mol. The molecule has 0 aliphatic carbocycles. The largest absolute Gasteiger partial charge is 0.508 e. The van der Waals surface area contributed by atoms with Crippen LogP contribution in [0.4, 0.5) is 4.79 Å². The predicted octanol–water partition coefficient (Wildman–Crippen LogP) is 8.16. The summed E-state index contributed by atoms with van der Waals surface area (Å²) < 4.78 is 10.4. The summed E-state index contributed by atoms with van der Waals surface area (Å²) in [5.41, 5.74) is -0.491. The van der Waals surface area contributed by atoms with Crippen LogP contribution in [0.25, 0.3) is 0 Å². The molecule has 0 radical (unpaired) electrons. The Morgan fingerprint density at radius 1 is 0.857 bits per heavy atom. The molecule has 0 rings (SSSR count). The van der Waals surface area contributed by atoms with E-state index in [1.165, 1.54) is 32.1 Å². The van der Waals surface area contributed by atoms with Gasteiger partial charge in [-0.1, -0.05) is 76.0 Å². The molecule has 0 amide bonds. The molecule has 0 aromatic rings. The average molecular weight is 393 g/mol. The van der Waals surface area contributed by atoms with Gasteiger partial charge in [0.15, 0.2) is 0 Å². The molecule has 0 aromatic heterocycles. The Kier molecular flexibility index (Phi) is 16.6. The van der Waals surface area contributed by atoms with Crippen molar-refractivity contribution in [3.63, 3.8) is 0 Å². The van der Waals surface area contributed by atoms with E-state index in [1.54, 1.807) is 0 Å². The highest BCUT2D eigenvalue weighted by atomic mass is 16.7. The van der Waals surface area contributed by atoms with Crippen molar-refractivity contribution in [2.45, 2.75) is 104 Å². The maximum atomic E-state index is 11.6. The lowest BCUT2D eigenvalue weighted by Gasteiger charge is -2.20. The molecule has 0 aliphatic heterocycles. The van der Waals surface area contributed by atoms with Gasteiger partial charge >= 0.3 is 6.16 Å². The lowest BCUT2D eigenvalue weighted by atomic mass is 9.99. The minimum Gasteiger partial charge on any atom is -0.434 e. The SMILES string of the molecule is CC/C=C\C/C=C\C/C=C\CCCCCCC(CC)COC(=O)OC(C)(C)C. The number of ether oxygens (including phenoxy) is 2. The van der Waals surface area contributed by atoms with Gasteiger partial charge in [-0.3, -0.25) is 0 Å². The van der Waals surface area contributed by atoms with Gasteiger partial charge in [-0.15, -0.1) is 0 Å². The van der Waals surface area contributed by atoms with Crippen molar-refractivity contribution in [3.8, 4) is 0 Å². The summed E-state index contributed by atoms with van der Waals surface area (Å²) in [5.74, 6) is 0.436. The van der Waals surface area contributed by atoms with E-state index in [0.717, 1.165) is 32.1 Å². The molecule has 0 N–H and O–H groups in total. The molecule has 0 saturated carbocycles. The van der Waals surface area contributed by atoms with Crippen LogP contribution in [0.3, 0.4) is 0 Å². The molecule has 0 spiro atoms. The first-order valence-corrected chi connectivity index (χ1v) is 11.2. The summed E-state index contributed by atoms with van der Waals surface area (Å²) in [6.45, 7) is 10.3. The quantitative estimate of drug-likeness (QED) is 0.160. The van der Waals surface area contributed by atoms with Crippen LogP contribution in [0.2, 0.25) is 0 Å². The zero-order chi connectivity index (χ0) is 21.1. The van der Waals surface area contributed by atoms with E-state index in [2.05, 4.69) is 50.3 Å². The van der Waals surface area contributed by atoms with Crippen molar-refractivity contribution in [2.75, 3.05) is 6.61 Å². The number of allylic oxidation sites excluding steroid dienone is 6. The van der Waals surface area contributed by atoms with Crippen molar-refractivity contribution in [1.29, 1.82) is 0 Å². The van der Waals surface area contributed by atoms with E-state index in [1.807, 2.05) is 20.8 Å². The zero-order valence-electron chi connectivity index (χ0n) is 19.0. The maximum absolute atomic E-state index is 11.6. The molecule has 1 unspecified atom stereocenters. The van der Waals surface area contributed by atoms with Crippen molar-refractivity contribution in [2.24, 2.45) is 5.92 Å². The van der Waals surface area contributed by atoms with Gasteiger partial charge in [-0.05, 0) is 65.2 Å². The highest BCUT2D eigenvalue weighted by molar-refractivity contribution is 5.60. The molecular formula is C25H44O3. The van der Waals surface area contributed by atoms with Crippen molar-refractivity contribution >= 4 is 6.16 Å². The van der Waals surface area contributed by atoms with E-state index in [9.17, 15) is 4.79 Å². The molecule has 28 heavy (non-hydrogen) atoms. The molecule has 0 aromatic carbocycles. The van der Waals surface area contributed by atoms with Crippen molar-refractivity contribution in [1.82, 2.24) is 0 Å². The molecule has 0 heterocycles. The predicted molar refractivity (Wildman–Crippen MR) is 121 cm³/mol. The summed E-state index contributed by atoms with van der Waals surface area (Å²) in [4.78, 5) is 11.6. The Labute approximate surface area is 174 Å². The Morgan fingerprint density at radius 2 is 1.46 bits per heavy atom. The molecule has 3 heteroatoms. The van der Waals surface area contributed by atoms with Crippen LogP contribution in [0.1, 0.15) is 98.8 Å². The molecule has 0 saturated heterocycles. The molecule has 1 atom stereocenters. The van der Waals surface area contributed by atoms with Gasteiger partial charge in [0.1, 0.15) is 5.60 Å². The fraction of sp³-hybridized carbons (Fsp3) is 0.720. The Balaban J connectivity index is 3.63. The monoisotopic (exact) mass is 392 g/mol. The van der Waals surface area contributed by atoms with E-state index in [-0.39, 0.29) is 0 Å². The van der Waals surface area contributed by atoms with Gasteiger partial charge in [0, 0.05) is 0 Å². The Morgan fingerprint density at radius 3 is 2.07 bits per heavy atom. The fourth-order valence-corrected chi connectivity index (χ4v) is 2.75. The number of rotatable bonds is 15. The minimum absolute atomic E-state index is 0.436.